The van der Waals surface area contributed by atoms with E-state index in [4.69, 9.17) is 0 Å². The van der Waals surface area contributed by atoms with E-state index < -0.39 is 0 Å². The fourth-order valence-corrected chi connectivity index (χ4v) is 3.97. The molecule has 0 spiro atoms. The monoisotopic (exact) mass is 438 g/mol. The zero-order valence-corrected chi connectivity index (χ0v) is 18.1. The van der Waals surface area contributed by atoms with Crippen molar-refractivity contribution in [1.82, 2.24) is 0 Å². The van der Waals surface area contributed by atoms with Gasteiger partial charge >= 0.3 is 0 Å². The second kappa shape index (κ2) is 9.07. The first-order chi connectivity index (χ1) is 14.3. The van der Waals surface area contributed by atoms with Crippen LogP contribution >= 0.6 is 15.9 Å². The molecule has 0 heterocycles. The fraction of sp³-hybridized carbons (Fsp3) is 0.0714. The van der Waals surface area contributed by atoms with E-state index in [-0.39, 0.29) is 0 Å². The smallest absolute Gasteiger partial charge is 0.0283 e. The molecule has 1 heteroatoms. The Morgan fingerprint density at radius 1 is 0.517 bits per heavy atom. The molecule has 0 N–H and O–H groups in total. The van der Waals surface area contributed by atoms with Crippen molar-refractivity contribution >= 4 is 27.1 Å². The summed E-state index contributed by atoms with van der Waals surface area (Å²) in [6.45, 7) is 2.13. The average Bonchev–Trinajstić information content (AvgIpc) is 2.79. The number of hydrogen-bond donors (Lipinski definition) is 0. The maximum atomic E-state index is 3.56. The molecular formula is C28H23Br. The molecular weight excluding hydrogens is 416 g/mol. The lowest BCUT2D eigenvalue weighted by Gasteiger charge is -2.18. The summed E-state index contributed by atoms with van der Waals surface area (Å²) in [6, 6.07) is 39.1. The van der Waals surface area contributed by atoms with Crippen LogP contribution in [0.2, 0.25) is 0 Å². The second-order valence-corrected chi connectivity index (χ2v) is 7.74. The van der Waals surface area contributed by atoms with Crippen LogP contribution in [0.3, 0.4) is 0 Å². The Hall–Kier alpha value is -2.90. The maximum Gasteiger partial charge on any atom is 0.0283 e. The Bertz CT molecular complexity index is 1090. The number of rotatable bonds is 5. The Labute approximate surface area is 181 Å². The van der Waals surface area contributed by atoms with Gasteiger partial charge in [-0.3, -0.25) is 0 Å². The summed E-state index contributed by atoms with van der Waals surface area (Å²) in [5.74, 6) is 0. The molecule has 4 aromatic carbocycles. The van der Waals surface area contributed by atoms with E-state index in [1.807, 2.05) is 0 Å². The highest BCUT2D eigenvalue weighted by Gasteiger charge is 2.16. The summed E-state index contributed by atoms with van der Waals surface area (Å²) >= 11 is 3.56. The van der Waals surface area contributed by atoms with Crippen molar-refractivity contribution in [2.45, 2.75) is 12.3 Å². The Morgan fingerprint density at radius 2 is 0.897 bits per heavy atom. The van der Waals surface area contributed by atoms with E-state index in [9.17, 15) is 0 Å². The summed E-state index contributed by atoms with van der Waals surface area (Å²) in [4.78, 5) is 0. The molecule has 0 saturated carbocycles. The van der Waals surface area contributed by atoms with E-state index in [2.05, 4.69) is 132 Å². The molecule has 4 rings (SSSR count). The lowest BCUT2D eigenvalue weighted by molar-refractivity contribution is 1.41. The molecule has 0 bridgehead atoms. The largest absolute Gasteiger partial charge is 0.0876 e. The molecule has 0 unspecified atom stereocenters. The van der Waals surface area contributed by atoms with E-state index in [1.54, 1.807) is 0 Å². The molecule has 0 aliphatic carbocycles. The van der Waals surface area contributed by atoms with Gasteiger partial charge in [-0.15, -0.1) is 0 Å². The maximum absolute atomic E-state index is 3.56. The van der Waals surface area contributed by atoms with Crippen molar-refractivity contribution in [3.63, 3.8) is 0 Å². The van der Waals surface area contributed by atoms with Gasteiger partial charge in [0.2, 0.25) is 0 Å². The zero-order chi connectivity index (χ0) is 20.1. The van der Waals surface area contributed by atoms with Gasteiger partial charge in [-0.25, -0.2) is 0 Å². The predicted octanol–water partition coefficient (Wildman–Crippen LogP) is 7.90. The molecule has 0 aliphatic heterocycles. The highest BCUT2D eigenvalue weighted by Crippen LogP contribution is 2.37. The minimum atomic E-state index is 0.862. The highest BCUT2D eigenvalue weighted by molar-refractivity contribution is 9.08. The van der Waals surface area contributed by atoms with Crippen molar-refractivity contribution in [2.24, 2.45) is 0 Å². The predicted molar refractivity (Wildman–Crippen MR) is 128 cm³/mol. The van der Waals surface area contributed by atoms with Crippen molar-refractivity contribution in [2.75, 3.05) is 0 Å². The highest BCUT2D eigenvalue weighted by atomic mass is 79.9. The first-order valence-electron chi connectivity index (χ1n) is 9.83. The van der Waals surface area contributed by atoms with Crippen molar-refractivity contribution in [3.05, 3.63) is 143 Å². The topological polar surface area (TPSA) is 0 Å². The zero-order valence-electron chi connectivity index (χ0n) is 16.5. The third kappa shape index (κ3) is 4.41. The minimum Gasteiger partial charge on any atom is -0.0876 e. The second-order valence-electron chi connectivity index (χ2n) is 7.18. The number of alkyl halides is 1. The van der Waals surface area contributed by atoms with Gasteiger partial charge in [0.15, 0.2) is 0 Å². The molecule has 0 aliphatic rings. The van der Waals surface area contributed by atoms with Crippen LogP contribution in [0.25, 0.3) is 11.1 Å². The van der Waals surface area contributed by atoms with Crippen molar-refractivity contribution in [3.8, 4) is 0 Å². The molecule has 0 saturated heterocycles. The van der Waals surface area contributed by atoms with Gasteiger partial charge in [-0.1, -0.05) is 131 Å². The molecule has 0 fully saturated rings. The van der Waals surface area contributed by atoms with Gasteiger partial charge in [-0.05, 0) is 45.9 Å². The van der Waals surface area contributed by atoms with Crippen LogP contribution in [0.4, 0.5) is 0 Å². The normalized spacial score (nSPS) is 11.8. The lowest BCUT2D eigenvalue weighted by atomic mass is 9.85. The number of hydrogen-bond acceptors (Lipinski definition) is 0. The third-order valence-electron chi connectivity index (χ3n) is 5.11. The Morgan fingerprint density at radius 3 is 1.31 bits per heavy atom. The first-order valence-corrected chi connectivity index (χ1v) is 11.0. The van der Waals surface area contributed by atoms with Crippen molar-refractivity contribution in [1.29, 1.82) is 0 Å². The number of benzene rings is 4. The van der Waals surface area contributed by atoms with Crippen molar-refractivity contribution < 1.29 is 0 Å². The molecule has 4 aromatic rings. The Kier molecular flexibility index (Phi) is 6.07. The summed E-state index contributed by atoms with van der Waals surface area (Å²) in [7, 11) is 0. The van der Waals surface area contributed by atoms with Crippen LogP contribution in [0.15, 0.2) is 109 Å². The summed E-state index contributed by atoms with van der Waals surface area (Å²) < 4.78 is 0. The molecule has 0 aromatic heterocycles. The van der Waals surface area contributed by atoms with E-state index in [0.29, 0.717) is 0 Å². The van der Waals surface area contributed by atoms with Crippen LogP contribution in [0, 0.1) is 6.92 Å². The molecule has 0 amide bonds. The standard InChI is InChI=1S/C28H23Br/c1-21-12-16-25(17-13-21)27(23-8-4-2-5-9-23)28(24-10-6-3-7-11-24)26-18-14-22(20-29)15-19-26/h2-19H,20H2,1H3. The van der Waals surface area contributed by atoms with Crippen LogP contribution in [0.1, 0.15) is 33.4 Å². The lowest BCUT2D eigenvalue weighted by Crippen LogP contribution is -1.98. The fourth-order valence-electron chi connectivity index (χ4n) is 3.60. The first kappa shape index (κ1) is 19.4. The quantitative estimate of drug-likeness (QED) is 0.219. The molecule has 142 valence electrons. The summed E-state index contributed by atoms with van der Waals surface area (Å²) in [5.41, 5.74) is 9.94. The van der Waals surface area contributed by atoms with Gasteiger partial charge < -0.3 is 0 Å². The molecule has 0 atom stereocenters. The van der Waals surface area contributed by atoms with Gasteiger partial charge in [0.05, 0.1) is 0 Å². The van der Waals surface area contributed by atoms with E-state index in [0.717, 1.165) is 5.33 Å². The SMILES string of the molecule is Cc1ccc(C(=C(c2ccccc2)c2ccc(CBr)cc2)c2ccccc2)cc1. The van der Waals surface area contributed by atoms with E-state index >= 15 is 0 Å². The van der Waals surface area contributed by atoms with E-state index in [1.165, 1.54) is 44.5 Å². The molecule has 0 radical (unpaired) electrons. The minimum absolute atomic E-state index is 0.862. The van der Waals surface area contributed by atoms with Gasteiger partial charge in [0.25, 0.3) is 0 Å². The molecule has 0 nitrogen and oxygen atoms in total. The summed E-state index contributed by atoms with van der Waals surface area (Å²) in [5, 5.41) is 0.862. The van der Waals surface area contributed by atoms with Gasteiger partial charge in [0.1, 0.15) is 0 Å². The average molecular weight is 439 g/mol. The third-order valence-corrected chi connectivity index (χ3v) is 5.76. The van der Waals surface area contributed by atoms with Gasteiger partial charge in [-0.2, -0.15) is 0 Å². The molecule has 29 heavy (non-hydrogen) atoms. The van der Waals surface area contributed by atoms with Crippen LogP contribution in [-0.2, 0) is 5.33 Å². The Balaban J connectivity index is 2.05. The number of aryl methyl sites for hydroxylation is 1. The number of halogens is 1. The van der Waals surface area contributed by atoms with Crippen LogP contribution in [0.5, 0.6) is 0 Å². The van der Waals surface area contributed by atoms with Crippen LogP contribution in [-0.4, -0.2) is 0 Å². The summed E-state index contributed by atoms with van der Waals surface area (Å²) in [6.07, 6.45) is 0. The van der Waals surface area contributed by atoms with Gasteiger partial charge in [0, 0.05) is 5.33 Å². The van der Waals surface area contributed by atoms with Crippen LogP contribution < -0.4 is 0 Å².